The fourth-order valence-corrected chi connectivity index (χ4v) is 2.73. The van der Waals surface area contributed by atoms with E-state index in [1.165, 1.54) is 11.1 Å². The van der Waals surface area contributed by atoms with Crippen LogP contribution in [0.2, 0.25) is 0 Å². The maximum Gasteiger partial charge on any atom is 0.0242 e. The van der Waals surface area contributed by atoms with Crippen LogP contribution in [0, 0.1) is 0 Å². The van der Waals surface area contributed by atoms with Crippen molar-refractivity contribution in [2.75, 3.05) is 20.1 Å². The molecule has 0 fully saturated rings. The number of rotatable bonds is 6. The largest absolute Gasteiger partial charge is 0.329 e. The number of hydrogen-bond donors (Lipinski definition) is 1. The lowest BCUT2D eigenvalue weighted by Crippen LogP contribution is -2.38. The minimum atomic E-state index is 0.369. The summed E-state index contributed by atoms with van der Waals surface area (Å²) in [7, 11) is 2.15. The summed E-state index contributed by atoms with van der Waals surface area (Å²) in [5.74, 6) is 0.369. The Labute approximate surface area is 122 Å². The highest BCUT2D eigenvalue weighted by Gasteiger charge is 2.23. The molecule has 0 spiro atoms. The molecule has 0 heterocycles. The summed E-state index contributed by atoms with van der Waals surface area (Å²) >= 11 is 0. The first-order valence-corrected chi connectivity index (χ1v) is 7.24. The van der Waals surface area contributed by atoms with E-state index in [1.807, 2.05) is 0 Å². The van der Waals surface area contributed by atoms with E-state index in [9.17, 15) is 0 Å². The molecular formula is C18H24N2. The maximum absolute atomic E-state index is 5.70. The Bertz CT molecular complexity index is 456. The predicted octanol–water partition coefficient (Wildman–Crippen LogP) is 3.10. The molecule has 0 aliphatic rings. The summed E-state index contributed by atoms with van der Waals surface area (Å²) in [5, 5.41) is 0. The summed E-state index contributed by atoms with van der Waals surface area (Å²) in [6, 6.07) is 21.8. The lowest BCUT2D eigenvalue weighted by atomic mass is 9.85. The van der Waals surface area contributed by atoms with Crippen LogP contribution in [0.15, 0.2) is 60.7 Å². The van der Waals surface area contributed by atoms with Crippen LogP contribution in [-0.4, -0.2) is 31.1 Å². The number of nitrogens with two attached hydrogens (primary N) is 1. The second-order valence-corrected chi connectivity index (χ2v) is 5.31. The van der Waals surface area contributed by atoms with E-state index in [-0.39, 0.29) is 0 Å². The van der Waals surface area contributed by atoms with E-state index in [0.29, 0.717) is 18.5 Å². The maximum atomic E-state index is 5.70. The van der Waals surface area contributed by atoms with Gasteiger partial charge < -0.3 is 10.6 Å². The van der Waals surface area contributed by atoms with Crippen LogP contribution in [0.5, 0.6) is 0 Å². The first-order valence-electron chi connectivity index (χ1n) is 7.24. The Morgan fingerprint density at radius 1 is 0.900 bits per heavy atom. The van der Waals surface area contributed by atoms with Gasteiger partial charge in [0, 0.05) is 25.0 Å². The second kappa shape index (κ2) is 7.22. The molecule has 0 saturated carbocycles. The lowest BCUT2D eigenvalue weighted by molar-refractivity contribution is 0.245. The highest BCUT2D eigenvalue weighted by atomic mass is 15.1. The molecule has 0 aromatic heterocycles. The zero-order valence-electron chi connectivity index (χ0n) is 12.4. The van der Waals surface area contributed by atoms with Crippen molar-refractivity contribution in [3.8, 4) is 0 Å². The minimum absolute atomic E-state index is 0.369. The molecular weight excluding hydrogens is 244 g/mol. The molecule has 0 aliphatic carbocycles. The zero-order valence-corrected chi connectivity index (χ0v) is 12.4. The Hall–Kier alpha value is -1.64. The average Bonchev–Trinajstić information content (AvgIpc) is 2.50. The fraction of sp³-hybridized carbons (Fsp3) is 0.333. The molecule has 2 N–H and O–H groups in total. The van der Waals surface area contributed by atoms with E-state index in [0.717, 1.165) is 6.54 Å². The van der Waals surface area contributed by atoms with Crippen LogP contribution in [0.1, 0.15) is 24.0 Å². The van der Waals surface area contributed by atoms with Crippen molar-refractivity contribution in [2.24, 2.45) is 5.73 Å². The molecule has 2 aromatic carbocycles. The molecule has 2 aromatic rings. The highest BCUT2D eigenvalue weighted by molar-refractivity contribution is 5.34. The smallest absolute Gasteiger partial charge is 0.0242 e. The van der Waals surface area contributed by atoms with Crippen molar-refractivity contribution in [2.45, 2.75) is 18.9 Å². The van der Waals surface area contributed by atoms with Gasteiger partial charge in [0.15, 0.2) is 0 Å². The molecule has 0 radical (unpaired) electrons. The molecule has 0 aliphatic heterocycles. The Morgan fingerprint density at radius 2 is 1.35 bits per heavy atom. The van der Waals surface area contributed by atoms with Gasteiger partial charge in [-0.25, -0.2) is 0 Å². The van der Waals surface area contributed by atoms with E-state index in [1.54, 1.807) is 0 Å². The third-order valence-corrected chi connectivity index (χ3v) is 3.98. The minimum Gasteiger partial charge on any atom is -0.329 e. The third kappa shape index (κ3) is 3.47. The Balaban J connectivity index is 2.35. The average molecular weight is 268 g/mol. The van der Waals surface area contributed by atoms with Crippen molar-refractivity contribution >= 4 is 0 Å². The van der Waals surface area contributed by atoms with Crippen LogP contribution in [-0.2, 0) is 0 Å². The highest BCUT2D eigenvalue weighted by Crippen LogP contribution is 2.30. The fourth-order valence-electron chi connectivity index (χ4n) is 2.73. The zero-order chi connectivity index (χ0) is 14.4. The van der Waals surface area contributed by atoms with Crippen LogP contribution in [0.3, 0.4) is 0 Å². The van der Waals surface area contributed by atoms with Crippen molar-refractivity contribution in [1.29, 1.82) is 0 Å². The van der Waals surface area contributed by atoms with Gasteiger partial charge in [0.2, 0.25) is 0 Å². The van der Waals surface area contributed by atoms with Gasteiger partial charge in [-0.05, 0) is 25.1 Å². The molecule has 2 heteroatoms. The van der Waals surface area contributed by atoms with Crippen molar-refractivity contribution in [3.05, 3.63) is 71.8 Å². The SMILES string of the molecule is CC(C(c1ccccc1)c1ccccc1)N(C)CCN. The first kappa shape index (κ1) is 14.8. The van der Waals surface area contributed by atoms with Gasteiger partial charge in [-0.15, -0.1) is 0 Å². The van der Waals surface area contributed by atoms with E-state index in [2.05, 4.69) is 79.5 Å². The summed E-state index contributed by atoms with van der Waals surface area (Å²) in [6.07, 6.45) is 0. The first-order chi connectivity index (χ1) is 9.74. The van der Waals surface area contributed by atoms with Gasteiger partial charge in [0.1, 0.15) is 0 Å². The number of hydrogen-bond acceptors (Lipinski definition) is 2. The van der Waals surface area contributed by atoms with Gasteiger partial charge in [-0.1, -0.05) is 60.7 Å². The molecule has 0 saturated heterocycles. The normalized spacial score (nSPS) is 12.8. The number of benzene rings is 2. The Morgan fingerprint density at radius 3 is 1.75 bits per heavy atom. The topological polar surface area (TPSA) is 29.3 Å². The summed E-state index contributed by atoms with van der Waals surface area (Å²) < 4.78 is 0. The molecule has 1 atom stereocenters. The monoisotopic (exact) mass is 268 g/mol. The predicted molar refractivity (Wildman–Crippen MR) is 85.9 cm³/mol. The summed E-state index contributed by atoms with van der Waals surface area (Å²) in [6.45, 7) is 3.88. The lowest BCUT2D eigenvalue weighted by Gasteiger charge is -2.32. The second-order valence-electron chi connectivity index (χ2n) is 5.31. The molecule has 2 nitrogen and oxygen atoms in total. The quantitative estimate of drug-likeness (QED) is 0.872. The van der Waals surface area contributed by atoms with Crippen LogP contribution in [0.25, 0.3) is 0 Å². The van der Waals surface area contributed by atoms with Gasteiger partial charge in [-0.2, -0.15) is 0 Å². The molecule has 0 bridgehead atoms. The molecule has 2 rings (SSSR count). The number of nitrogens with zero attached hydrogens (tertiary/aromatic N) is 1. The van der Waals surface area contributed by atoms with Crippen LogP contribution >= 0.6 is 0 Å². The van der Waals surface area contributed by atoms with Gasteiger partial charge >= 0.3 is 0 Å². The molecule has 20 heavy (non-hydrogen) atoms. The van der Waals surface area contributed by atoms with Crippen molar-refractivity contribution in [3.63, 3.8) is 0 Å². The Kier molecular flexibility index (Phi) is 5.33. The number of likely N-dealkylation sites (N-methyl/N-ethyl adjacent to an activating group) is 1. The van der Waals surface area contributed by atoms with Crippen LogP contribution < -0.4 is 5.73 Å². The third-order valence-electron chi connectivity index (χ3n) is 3.98. The van der Waals surface area contributed by atoms with Gasteiger partial charge in [0.25, 0.3) is 0 Å². The van der Waals surface area contributed by atoms with E-state index < -0.39 is 0 Å². The molecule has 106 valence electrons. The summed E-state index contributed by atoms with van der Waals surface area (Å²) in [4.78, 5) is 2.34. The molecule has 0 amide bonds. The van der Waals surface area contributed by atoms with Gasteiger partial charge in [-0.3, -0.25) is 0 Å². The van der Waals surface area contributed by atoms with E-state index >= 15 is 0 Å². The standard InChI is InChI=1S/C18H24N2/c1-15(20(2)14-13-19)18(16-9-5-3-6-10-16)17-11-7-4-8-12-17/h3-12,15,18H,13-14,19H2,1-2H3. The molecule has 1 unspecified atom stereocenters. The van der Waals surface area contributed by atoms with E-state index in [4.69, 9.17) is 5.73 Å². The van der Waals surface area contributed by atoms with Crippen LogP contribution in [0.4, 0.5) is 0 Å². The van der Waals surface area contributed by atoms with Crippen molar-refractivity contribution in [1.82, 2.24) is 4.90 Å². The summed E-state index contributed by atoms with van der Waals surface area (Å²) in [5.41, 5.74) is 8.42. The van der Waals surface area contributed by atoms with Gasteiger partial charge in [0.05, 0.1) is 0 Å². The van der Waals surface area contributed by atoms with Crippen molar-refractivity contribution < 1.29 is 0 Å².